The Balaban J connectivity index is 1.53. The molecule has 40 heavy (non-hydrogen) atoms. The molecule has 2 aromatic heterocycles. The maximum Gasteiger partial charge on any atom is 0.303 e. The standard InChI is InChI=1S/C30H22ClN5O4/c31-19-7-9-21-20(15-19)28(17-4-2-1-3-5-17)29(30(40)34-21)24-16-25(36(35-24)26(37)10-11-27(38)39)18-6-8-22-23(14-18)33-13-12-32-22/h1-9,12-15,25H,10-11,16H2,(H,34,40)(H,38,39)/t25-/m1/s1. The molecule has 9 nitrogen and oxygen atoms in total. The fourth-order valence-electron chi connectivity index (χ4n) is 5.11. The number of rotatable bonds is 6. The van der Waals surface area contributed by atoms with Gasteiger partial charge in [-0.1, -0.05) is 48.0 Å². The molecule has 2 N–H and O–H groups in total. The second-order valence-electron chi connectivity index (χ2n) is 9.46. The number of carbonyl (C=O) groups excluding carboxylic acids is 1. The number of aromatic amines is 1. The molecule has 0 spiro atoms. The summed E-state index contributed by atoms with van der Waals surface area (Å²) in [7, 11) is 0. The van der Waals surface area contributed by atoms with Crippen LogP contribution in [-0.4, -0.2) is 42.7 Å². The van der Waals surface area contributed by atoms with Crippen molar-refractivity contribution in [2.24, 2.45) is 5.10 Å². The van der Waals surface area contributed by atoms with Crippen LogP contribution in [0.2, 0.25) is 5.02 Å². The van der Waals surface area contributed by atoms with Crippen LogP contribution in [0.15, 0.2) is 89.0 Å². The molecule has 0 bridgehead atoms. The molecule has 0 radical (unpaired) electrons. The number of nitrogens with one attached hydrogen (secondary N) is 1. The number of aliphatic carboxylic acids is 1. The van der Waals surface area contributed by atoms with Gasteiger partial charge in [0.05, 0.1) is 34.8 Å². The summed E-state index contributed by atoms with van der Waals surface area (Å²) in [6.45, 7) is 0. The number of amides is 1. The lowest BCUT2D eigenvalue weighted by Crippen LogP contribution is -2.27. The lowest BCUT2D eigenvalue weighted by molar-refractivity contribution is -0.141. The third-order valence-electron chi connectivity index (χ3n) is 6.92. The fraction of sp³-hybridized carbons (Fsp3) is 0.133. The summed E-state index contributed by atoms with van der Waals surface area (Å²) in [5, 5.41) is 16.4. The van der Waals surface area contributed by atoms with Crippen LogP contribution >= 0.6 is 11.6 Å². The number of carbonyl (C=O) groups is 2. The molecule has 5 aromatic rings. The molecular formula is C30H22ClN5O4. The highest BCUT2D eigenvalue weighted by Crippen LogP contribution is 2.38. The van der Waals surface area contributed by atoms with E-state index in [1.807, 2.05) is 48.5 Å². The van der Waals surface area contributed by atoms with E-state index in [0.717, 1.165) is 16.5 Å². The Labute approximate surface area is 232 Å². The van der Waals surface area contributed by atoms with Gasteiger partial charge in [0.25, 0.3) is 5.56 Å². The molecule has 1 aliphatic rings. The Morgan fingerprint density at radius 2 is 1.73 bits per heavy atom. The Hall–Kier alpha value is -4.89. The van der Waals surface area contributed by atoms with E-state index >= 15 is 0 Å². The van der Waals surface area contributed by atoms with E-state index in [1.165, 1.54) is 5.01 Å². The van der Waals surface area contributed by atoms with Crippen molar-refractivity contribution in [3.8, 4) is 11.1 Å². The SMILES string of the molecule is O=C(O)CCC(=O)N1N=C(c2c(-c3ccccc3)c3cc(Cl)ccc3[nH]c2=O)C[C@@H]1c1ccc2nccnc2c1. The van der Waals surface area contributed by atoms with Crippen molar-refractivity contribution in [3.05, 3.63) is 106 Å². The van der Waals surface area contributed by atoms with E-state index in [4.69, 9.17) is 11.6 Å². The average molecular weight is 552 g/mol. The van der Waals surface area contributed by atoms with Crippen molar-refractivity contribution < 1.29 is 14.7 Å². The van der Waals surface area contributed by atoms with Gasteiger partial charge in [-0.2, -0.15) is 5.10 Å². The summed E-state index contributed by atoms with van der Waals surface area (Å²) in [4.78, 5) is 49.8. The quantitative estimate of drug-likeness (QED) is 0.293. The number of carboxylic acids is 1. The van der Waals surface area contributed by atoms with Crippen LogP contribution in [0.25, 0.3) is 33.1 Å². The minimum Gasteiger partial charge on any atom is -0.481 e. The van der Waals surface area contributed by atoms with Crippen molar-refractivity contribution in [1.82, 2.24) is 20.0 Å². The summed E-state index contributed by atoms with van der Waals surface area (Å²) in [5.41, 5.74) is 4.56. The minimum atomic E-state index is -1.08. The highest BCUT2D eigenvalue weighted by molar-refractivity contribution is 6.31. The number of carboxylic acid groups (broad SMARTS) is 1. The largest absolute Gasteiger partial charge is 0.481 e. The van der Waals surface area contributed by atoms with Crippen LogP contribution in [0.1, 0.15) is 36.4 Å². The van der Waals surface area contributed by atoms with Crippen molar-refractivity contribution >= 4 is 51.1 Å². The third-order valence-corrected chi connectivity index (χ3v) is 7.16. The van der Waals surface area contributed by atoms with Gasteiger partial charge in [-0.05, 0) is 41.5 Å². The minimum absolute atomic E-state index is 0.231. The van der Waals surface area contributed by atoms with E-state index in [0.29, 0.717) is 38.4 Å². The molecule has 198 valence electrons. The zero-order valence-electron chi connectivity index (χ0n) is 21.0. The molecule has 0 unspecified atom stereocenters. The van der Waals surface area contributed by atoms with Gasteiger partial charge in [-0.25, -0.2) is 5.01 Å². The normalized spacial score (nSPS) is 15.0. The summed E-state index contributed by atoms with van der Waals surface area (Å²) in [5.74, 6) is -1.54. The summed E-state index contributed by atoms with van der Waals surface area (Å²) >= 11 is 6.37. The molecule has 6 rings (SSSR count). The molecule has 3 heterocycles. The first kappa shape index (κ1) is 25.4. The summed E-state index contributed by atoms with van der Waals surface area (Å²) in [6, 6.07) is 19.7. The van der Waals surface area contributed by atoms with Crippen LogP contribution in [0.5, 0.6) is 0 Å². The summed E-state index contributed by atoms with van der Waals surface area (Å²) in [6.07, 6.45) is 2.86. The Bertz CT molecular complexity index is 1890. The molecule has 0 saturated heterocycles. The van der Waals surface area contributed by atoms with E-state index in [-0.39, 0.29) is 24.8 Å². The van der Waals surface area contributed by atoms with Crippen LogP contribution in [0.4, 0.5) is 0 Å². The number of aromatic nitrogens is 3. The number of hydrogen-bond acceptors (Lipinski definition) is 6. The van der Waals surface area contributed by atoms with Gasteiger partial charge in [-0.15, -0.1) is 0 Å². The van der Waals surface area contributed by atoms with Gasteiger partial charge in [0.1, 0.15) is 0 Å². The van der Waals surface area contributed by atoms with Crippen LogP contribution in [0, 0.1) is 0 Å². The lowest BCUT2D eigenvalue weighted by atomic mass is 9.91. The van der Waals surface area contributed by atoms with Crippen LogP contribution < -0.4 is 5.56 Å². The van der Waals surface area contributed by atoms with Crippen LogP contribution in [0.3, 0.4) is 0 Å². The lowest BCUT2D eigenvalue weighted by Gasteiger charge is -2.22. The third kappa shape index (κ3) is 4.71. The Morgan fingerprint density at radius 1 is 0.950 bits per heavy atom. The smallest absolute Gasteiger partial charge is 0.303 e. The molecule has 10 heteroatoms. The molecule has 0 saturated carbocycles. The van der Waals surface area contributed by atoms with E-state index in [2.05, 4.69) is 20.1 Å². The maximum absolute atomic E-state index is 13.6. The number of fused-ring (bicyclic) bond motifs is 2. The van der Waals surface area contributed by atoms with E-state index in [1.54, 1.807) is 30.6 Å². The molecular weight excluding hydrogens is 530 g/mol. The number of hydrazone groups is 1. The van der Waals surface area contributed by atoms with Gasteiger partial charge in [-0.3, -0.25) is 24.4 Å². The van der Waals surface area contributed by atoms with Gasteiger partial charge >= 0.3 is 5.97 Å². The number of pyridine rings is 1. The van der Waals surface area contributed by atoms with Crippen molar-refractivity contribution in [3.63, 3.8) is 0 Å². The predicted octanol–water partition coefficient (Wildman–Crippen LogP) is 5.33. The zero-order valence-corrected chi connectivity index (χ0v) is 21.8. The topological polar surface area (TPSA) is 129 Å². The van der Waals surface area contributed by atoms with Gasteiger partial charge in [0.2, 0.25) is 5.91 Å². The highest BCUT2D eigenvalue weighted by Gasteiger charge is 2.35. The van der Waals surface area contributed by atoms with Crippen molar-refractivity contribution in [2.75, 3.05) is 0 Å². The monoisotopic (exact) mass is 551 g/mol. The first-order valence-electron chi connectivity index (χ1n) is 12.6. The Morgan fingerprint density at radius 3 is 2.50 bits per heavy atom. The average Bonchev–Trinajstić information content (AvgIpc) is 3.41. The second kappa shape index (κ2) is 10.3. The number of nitrogens with zero attached hydrogens (tertiary/aromatic N) is 4. The first-order chi connectivity index (χ1) is 19.4. The van der Waals surface area contributed by atoms with E-state index in [9.17, 15) is 19.5 Å². The molecule has 3 aromatic carbocycles. The zero-order chi connectivity index (χ0) is 27.8. The van der Waals surface area contributed by atoms with Gasteiger partial charge in [0.15, 0.2) is 0 Å². The van der Waals surface area contributed by atoms with Crippen LogP contribution in [-0.2, 0) is 9.59 Å². The highest BCUT2D eigenvalue weighted by atomic mass is 35.5. The number of halogens is 1. The van der Waals surface area contributed by atoms with Gasteiger partial charge in [0, 0.05) is 46.7 Å². The van der Waals surface area contributed by atoms with E-state index < -0.39 is 17.9 Å². The Kier molecular flexibility index (Phi) is 6.57. The molecule has 1 amide bonds. The van der Waals surface area contributed by atoms with Gasteiger partial charge < -0.3 is 10.1 Å². The predicted molar refractivity (Wildman–Crippen MR) is 152 cm³/mol. The number of H-pyrrole nitrogens is 1. The van der Waals surface area contributed by atoms with Crippen molar-refractivity contribution in [1.29, 1.82) is 0 Å². The second-order valence-corrected chi connectivity index (χ2v) is 9.90. The maximum atomic E-state index is 13.6. The summed E-state index contributed by atoms with van der Waals surface area (Å²) < 4.78 is 0. The molecule has 0 fully saturated rings. The molecule has 1 atom stereocenters. The molecule has 0 aliphatic carbocycles. The number of benzene rings is 3. The molecule has 1 aliphatic heterocycles. The first-order valence-corrected chi connectivity index (χ1v) is 13.0. The number of hydrogen-bond donors (Lipinski definition) is 2. The fourth-order valence-corrected chi connectivity index (χ4v) is 5.28. The van der Waals surface area contributed by atoms with Crippen molar-refractivity contribution in [2.45, 2.75) is 25.3 Å².